The van der Waals surface area contributed by atoms with E-state index in [0.29, 0.717) is 18.4 Å². The fourth-order valence-electron chi connectivity index (χ4n) is 4.76. The number of fused-ring (bicyclic) bond motifs is 1. The average molecular weight is 449 g/mol. The fourth-order valence-corrected chi connectivity index (χ4v) is 6.01. The first-order valence-electron chi connectivity index (χ1n) is 11.9. The predicted molar refractivity (Wildman–Crippen MR) is 121 cm³/mol. The third kappa shape index (κ3) is 5.77. The first-order valence-corrected chi connectivity index (χ1v) is 12.7. The molecular formula is C23H36N4O3S. The third-order valence-electron chi connectivity index (χ3n) is 6.70. The van der Waals surface area contributed by atoms with Crippen molar-refractivity contribution in [3.8, 4) is 0 Å². The Morgan fingerprint density at radius 1 is 1.19 bits per heavy atom. The SMILES string of the molecule is CC(C)COC(=O)C1CCC(NC(=O)N2CCC(c3nc4c(s3)CNCC4)CC2)CC1. The van der Waals surface area contributed by atoms with E-state index >= 15 is 0 Å². The van der Waals surface area contributed by atoms with Gasteiger partial charge >= 0.3 is 12.0 Å². The Balaban J connectivity index is 1.18. The minimum absolute atomic E-state index is 0.0121. The molecule has 2 N–H and O–H groups in total. The molecule has 1 saturated carbocycles. The van der Waals surface area contributed by atoms with Crippen molar-refractivity contribution in [2.75, 3.05) is 26.2 Å². The number of carbonyl (C=O) groups excluding carboxylic acids is 2. The first-order chi connectivity index (χ1) is 15.0. The van der Waals surface area contributed by atoms with Gasteiger partial charge in [-0.1, -0.05) is 13.8 Å². The highest BCUT2D eigenvalue weighted by Gasteiger charge is 2.31. The van der Waals surface area contributed by atoms with Crippen LogP contribution >= 0.6 is 11.3 Å². The Hall–Kier alpha value is -1.67. The van der Waals surface area contributed by atoms with Crippen LogP contribution in [0, 0.1) is 11.8 Å². The molecular weight excluding hydrogens is 412 g/mol. The van der Waals surface area contributed by atoms with Gasteiger partial charge < -0.3 is 20.3 Å². The van der Waals surface area contributed by atoms with Crippen LogP contribution in [0.2, 0.25) is 0 Å². The zero-order chi connectivity index (χ0) is 21.8. The number of rotatable bonds is 5. The zero-order valence-electron chi connectivity index (χ0n) is 18.8. The molecule has 8 heteroatoms. The van der Waals surface area contributed by atoms with E-state index in [9.17, 15) is 9.59 Å². The Morgan fingerprint density at radius 2 is 1.94 bits per heavy atom. The number of hydrogen-bond donors (Lipinski definition) is 2. The number of urea groups is 1. The number of carbonyl (C=O) groups is 2. The molecule has 0 bridgehead atoms. The smallest absolute Gasteiger partial charge is 0.317 e. The van der Waals surface area contributed by atoms with E-state index in [1.54, 1.807) is 0 Å². The Bertz CT molecular complexity index is 741. The van der Waals surface area contributed by atoms with E-state index < -0.39 is 0 Å². The number of esters is 1. The van der Waals surface area contributed by atoms with Gasteiger partial charge in [-0.15, -0.1) is 11.3 Å². The van der Waals surface area contributed by atoms with Crippen molar-refractivity contribution in [3.05, 3.63) is 15.6 Å². The summed E-state index contributed by atoms with van der Waals surface area (Å²) in [5.41, 5.74) is 1.28. The molecule has 3 aliphatic rings. The fraction of sp³-hybridized carbons (Fsp3) is 0.783. The van der Waals surface area contributed by atoms with Crippen molar-refractivity contribution in [3.63, 3.8) is 0 Å². The van der Waals surface area contributed by atoms with Crippen molar-refractivity contribution in [1.29, 1.82) is 0 Å². The van der Waals surface area contributed by atoms with Crippen molar-refractivity contribution in [1.82, 2.24) is 20.5 Å². The van der Waals surface area contributed by atoms with Crippen LogP contribution < -0.4 is 10.6 Å². The summed E-state index contributed by atoms with van der Waals surface area (Å²) in [6.07, 6.45) is 6.31. The summed E-state index contributed by atoms with van der Waals surface area (Å²) in [4.78, 5) is 33.2. The lowest BCUT2D eigenvalue weighted by Crippen LogP contribution is -2.48. The minimum atomic E-state index is -0.0693. The molecule has 0 radical (unpaired) electrons. The highest BCUT2D eigenvalue weighted by Crippen LogP contribution is 2.34. The summed E-state index contributed by atoms with van der Waals surface area (Å²) < 4.78 is 5.39. The van der Waals surface area contributed by atoms with E-state index in [1.165, 1.54) is 15.6 Å². The Morgan fingerprint density at radius 3 is 2.61 bits per heavy atom. The molecule has 1 saturated heterocycles. The van der Waals surface area contributed by atoms with Crippen molar-refractivity contribution < 1.29 is 14.3 Å². The summed E-state index contributed by atoms with van der Waals surface area (Å²) >= 11 is 1.86. The van der Waals surface area contributed by atoms with Crippen LogP contribution in [-0.2, 0) is 22.5 Å². The van der Waals surface area contributed by atoms with Gasteiger partial charge in [0.15, 0.2) is 0 Å². The molecule has 3 heterocycles. The maximum Gasteiger partial charge on any atom is 0.317 e. The number of thiazole rings is 1. The second-order valence-electron chi connectivity index (χ2n) is 9.63. The van der Waals surface area contributed by atoms with Crippen LogP contribution in [0.5, 0.6) is 0 Å². The number of aromatic nitrogens is 1. The maximum absolute atomic E-state index is 12.8. The Kier molecular flexibility index (Phi) is 7.48. The summed E-state index contributed by atoms with van der Waals surface area (Å²) in [7, 11) is 0. The van der Waals surface area contributed by atoms with E-state index in [0.717, 1.165) is 71.1 Å². The zero-order valence-corrected chi connectivity index (χ0v) is 19.6. The van der Waals surface area contributed by atoms with Crippen LogP contribution in [0.1, 0.15) is 73.9 Å². The molecule has 4 rings (SSSR count). The quantitative estimate of drug-likeness (QED) is 0.674. The van der Waals surface area contributed by atoms with Crippen molar-refractivity contribution in [2.24, 2.45) is 11.8 Å². The molecule has 1 aromatic heterocycles. The average Bonchev–Trinajstić information content (AvgIpc) is 3.22. The van der Waals surface area contributed by atoms with Gasteiger partial charge in [0.05, 0.1) is 23.2 Å². The van der Waals surface area contributed by atoms with Crippen LogP contribution in [0.3, 0.4) is 0 Å². The third-order valence-corrected chi connectivity index (χ3v) is 7.96. The van der Waals surface area contributed by atoms with Crippen molar-refractivity contribution in [2.45, 2.75) is 77.3 Å². The first kappa shape index (κ1) is 22.5. The number of ether oxygens (including phenoxy) is 1. The van der Waals surface area contributed by atoms with Gasteiger partial charge in [0.2, 0.25) is 0 Å². The monoisotopic (exact) mass is 448 g/mol. The molecule has 2 fully saturated rings. The number of piperidine rings is 1. The number of hydrogen-bond acceptors (Lipinski definition) is 6. The van der Waals surface area contributed by atoms with Crippen LogP contribution in [-0.4, -0.2) is 54.2 Å². The van der Waals surface area contributed by atoms with E-state index in [1.807, 2.05) is 30.1 Å². The largest absolute Gasteiger partial charge is 0.465 e. The lowest BCUT2D eigenvalue weighted by Gasteiger charge is -2.34. The molecule has 1 aliphatic carbocycles. The summed E-state index contributed by atoms with van der Waals surface area (Å²) in [5, 5.41) is 7.89. The van der Waals surface area contributed by atoms with Gasteiger partial charge in [0, 0.05) is 49.4 Å². The molecule has 7 nitrogen and oxygen atoms in total. The number of amides is 2. The van der Waals surface area contributed by atoms with Gasteiger partial charge in [-0.25, -0.2) is 9.78 Å². The second-order valence-corrected chi connectivity index (χ2v) is 10.7. The van der Waals surface area contributed by atoms with Gasteiger partial charge in [0.25, 0.3) is 0 Å². The molecule has 172 valence electrons. The van der Waals surface area contributed by atoms with Crippen LogP contribution in [0.15, 0.2) is 0 Å². The number of nitrogens with zero attached hydrogens (tertiary/aromatic N) is 2. The number of nitrogens with one attached hydrogen (secondary N) is 2. The van der Waals surface area contributed by atoms with Crippen LogP contribution in [0.4, 0.5) is 4.79 Å². The molecule has 2 aliphatic heterocycles. The molecule has 0 unspecified atom stereocenters. The summed E-state index contributed by atoms with van der Waals surface area (Å²) in [5.74, 6) is 0.760. The highest BCUT2D eigenvalue weighted by molar-refractivity contribution is 7.11. The van der Waals surface area contributed by atoms with Crippen molar-refractivity contribution >= 4 is 23.3 Å². The van der Waals surface area contributed by atoms with E-state index in [2.05, 4.69) is 10.6 Å². The maximum atomic E-state index is 12.8. The van der Waals surface area contributed by atoms with Gasteiger partial charge in [-0.2, -0.15) is 0 Å². The lowest BCUT2D eigenvalue weighted by molar-refractivity contribution is -0.150. The normalized spacial score (nSPS) is 24.7. The molecule has 2 amide bonds. The molecule has 1 aromatic rings. The molecule has 0 spiro atoms. The second kappa shape index (κ2) is 10.3. The highest BCUT2D eigenvalue weighted by atomic mass is 32.1. The molecule has 31 heavy (non-hydrogen) atoms. The van der Waals surface area contributed by atoms with Crippen LogP contribution in [0.25, 0.3) is 0 Å². The molecule has 0 atom stereocenters. The summed E-state index contributed by atoms with van der Waals surface area (Å²) in [6, 6.07) is 0.212. The predicted octanol–water partition coefficient (Wildman–Crippen LogP) is 3.44. The lowest BCUT2D eigenvalue weighted by atomic mass is 9.86. The van der Waals surface area contributed by atoms with Gasteiger partial charge in [-0.3, -0.25) is 4.79 Å². The van der Waals surface area contributed by atoms with E-state index in [-0.39, 0.29) is 24.0 Å². The minimum Gasteiger partial charge on any atom is -0.465 e. The Labute approximate surface area is 189 Å². The molecule has 0 aromatic carbocycles. The standard InChI is InChI=1S/C23H36N4O3S/c1-15(2)14-30-22(28)17-3-5-18(6-4-17)25-23(29)27-11-8-16(9-12-27)21-26-19-7-10-24-13-20(19)31-21/h15-18,24H,3-14H2,1-2H3,(H,25,29). The van der Waals surface area contributed by atoms with E-state index in [4.69, 9.17) is 9.72 Å². The number of likely N-dealkylation sites (tertiary alicyclic amines) is 1. The van der Waals surface area contributed by atoms with Gasteiger partial charge in [0.1, 0.15) is 0 Å². The van der Waals surface area contributed by atoms with Gasteiger partial charge in [-0.05, 0) is 44.4 Å². The topological polar surface area (TPSA) is 83.6 Å². The summed E-state index contributed by atoms with van der Waals surface area (Å²) in [6.45, 7) is 8.13.